The molecule has 0 radical (unpaired) electrons. The Morgan fingerprint density at radius 1 is 0.494 bits per heavy atom. The van der Waals surface area contributed by atoms with Crippen molar-refractivity contribution in [2.24, 2.45) is 0 Å². The van der Waals surface area contributed by atoms with Crippen molar-refractivity contribution >= 4 is 11.9 Å². The van der Waals surface area contributed by atoms with E-state index in [0.717, 1.165) is 70.6 Å². The predicted molar refractivity (Wildman–Crippen MR) is 329 cm³/mol. The summed E-state index contributed by atoms with van der Waals surface area (Å²) in [4.78, 5) is 25.0. The normalized spacial score (nSPS) is 18.9. The van der Waals surface area contributed by atoms with Crippen molar-refractivity contribution in [3.05, 3.63) is 72.9 Å². The molecule has 0 aromatic rings. The number of unbranched alkanes of at least 4 members (excludes halogenated alkanes) is 33. The number of hydrogen-bond acceptors (Lipinski definition) is 10. The van der Waals surface area contributed by atoms with Gasteiger partial charge in [-0.3, -0.25) is 9.59 Å². The van der Waals surface area contributed by atoms with E-state index in [1.165, 1.54) is 186 Å². The van der Waals surface area contributed by atoms with Crippen LogP contribution in [0.1, 0.15) is 284 Å². The molecule has 1 heterocycles. The molecule has 0 saturated carbocycles. The fraction of sp³-hybridized carbons (Fsp3) is 0.794. The zero-order valence-electron chi connectivity index (χ0n) is 50.6. The van der Waals surface area contributed by atoms with Crippen molar-refractivity contribution in [3.63, 3.8) is 0 Å². The number of ether oxygens (including phenoxy) is 3. The Balaban J connectivity index is 1.97. The van der Waals surface area contributed by atoms with Crippen molar-refractivity contribution in [1.82, 2.24) is 5.32 Å². The monoisotopic (exact) mass is 1110 g/mol. The van der Waals surface area contributed by atoms with E-state index in [1.807, 2.05) is 19.1 Å². The molecular weight excluding hydrogens is 991 g/mol. The van der Waals surface area contributed by atoms with Crippen LogP contribution in [0, 0.1) is 0 Å². The zero-order valence-corrected chi connectivity index (χ0v) is 50.6. The number of aliphatic hydroxyl groups excluding tert-OH is 5. The molecule has 7 unspecified atom stereocenters. The summed E-state index contributed by atoms with van der Waals surface area (Å²) in [6, 6.07) is -0.835. The molecule has 0 aliphatic carbocycles. The highest BCUT2D eigenvalue weighted by Gasteiger charge is 2.44. The largest absolute Gasteiger partial charge is 0.466 e. The first kappa shape index (κ1) is 74.1. The Labute approximate surface area is 483 Å². The lowest BCUT2D eigenvalue weighted by atomic mass is 9.99. The number of esters is 1. The van der Waals surface area contributed by atoms with Crippen LogP contribution in [0.4, 0.5) is 0 Å². The van der Waals surface area contributed by atoms with E-state index in [9.17, 15) is 35.1 Å². The number of amides is 1. The first-order valence-electron chi connectivity index (χ1n) is 32.7. The predicted octanol–water partition coefficient (Wildman–Crippen LogP) is 16.0. The molecule has 0 spiro atoms. The molecule has 0 bridgehead atoms. The summed E-state index contributed by atoms with van der Waals surface area (Å²) in [6.45, 7) is 4.07. The third kappa shape index (κ3) is 46.3. The van der Waals surface area contributed by atoms with Gasteiger partial charge in [-0.2, -0.15) is 0 Å². The summed E-state index contributed by atoms with van der Waals surface area (Å²) in [7, 11) is 0. The van der Waals surface area contributed by atoms with E-state index in [1.54, 1.807) is 6.08 Å². The zero-order chi connectivity index (χ0) is 57.3. The molecule has 0 aromatic carbocycles. The minimum absolute atomic E-state index is 0.00728. The SMILES string of the molecule is C/C=C/CC/C=C/CC/C=C/C(O)C(COC1OC(CO)C(O)C(O)C1O)NC(=O)CCCCCCCCCCCCCCC/C=C\C/C=C\CCCCCCCCCCCOC(=O)CCCCCCC/C=C\CCCCCC. The third-order valence-corrected chi connectivity index (χ3v) is 15.1. The number of hydrogen-bond donors (Lipinski definition) is 6. The average molecular weight is 1110 g/mol. The van der Waals surface area contributed by atoms with Gasteiger partial charge in [0, 0.05) is 12.8 Å². The molecule has 1 aliphatic heterocycles. The minimum Gasteiger partial charge on any atom is -0.466 e. The van der Waals surface area contributed by atoms with Gasteiger partial charge in [-0.1, -0.05) is 234 Å². The van der Waals surface area contributed by atoms with Crippen LogP contribution in [0.3, 0.4) is 0 Å². The van der Waals surface area contributed by atoms with Crippen LogP contribution in [-0.2, 0) is 23.8 Å². The van der Waals surface area contributed by atoms with Crippen LogP contribution in [0.5, 0.6) is 0 Å². The molecule has 0 aromatic heterocycles. The van der Waals surface area contributed by atoms with E-state index >= 15 is 0 Å². The van der Waals surface area contributed by atoms with Crippen molar-refractivity contribution in [1.29, 1.82) is 0 Å². The molecule has 7 atom stereocenters. The molecule has 11 nitrogen and oxygen atoms in total. The van der Waals surface area contributed by atoms with Gasteiger partial charge in [0.05, 0.1) is 32.0 Å². The van der Waals surface area contributed by atoms with E-state index in [0.29, 0.717) is 19.4 Å². The maximum atomic E-state index is 13.0. The Bertz CT molecular complexity index is 1540. The second-order valence-corrected chi connectivity index (χ2v) is 22.5. The van der Waals surface area contributed by atoms with Crippen molar-refractivity contribution < 1.29 is 49.3 Å². The first-order valence-corrected chi connectivity index (χ1v) is 32.7. The second kappa shape index (κ2) is 56.9. The van der Waals surface area contributed by atoms with Crippen LogP contribution in [0.15, 0.2) is 72.9 Å². The third-order valence-electron chi connectivity index (χ3n) is 15.1. The van der Waals surface area contributed by atoms with Gasteiger partial charge in [-0.25, -0.2) is 0 Å². The molecule has 1 rings (SSSR count). The first-order chi connectivity index (χ1) is 38.7. The Kier molecular flexibility index (Phi) is 53.4. The number of carbonyl (C=O) groups is 2. The highest BCUT2D eigenvalue weighted by molar-refractivity contribution is 5.76. The molecule has 1 aliphatic rings. The highest BCUT2D eigenvalue weighted by Crippen LogP contribution is 2.23. The van der Waals surface area contributed by atoms with Gasteiger partial charge in [0.15, 0.2) is 6.29 Å². The number of allylic oxidation sites excluding steroid dienone is 11. The Morgan fingerprint density at radius 2 is 0.911 bits per heavy atom. The topological polar surface area (TPSA) is 175 Å². The summed E-state index contributed by atoms with van der Waals surface area (Å²) in [5.41, 5.74) is 0. The number of aliphatic hydroxyl groups is 5. The fourth-order valence-corrected chi connectivity index (χ4v) is 9.91. The second-order valence-electron chi connectivity index (χ2n) is 22.5. The smallest absolute Gasteiger partial charge is 0.305 e. The van der Waals surface area contributed by atoms with Crippen molar-refractivity contribution in [3.8, 4) is 0 Å². The van der Waals surface area contributed by atoms with Crippen LogP contribution in [-0.4, -0.2) is 100 Å². The lowest BCUT2D eigenvalue weighted by molar-refractivity contribution is -0.302. The summed E-state index contributed by atoms with van der Waals surface area (Å²) in [5, 5.41) is 54.2. The van der Waals surface area contributed by atoms with Crippen molar-refractivity contribution in [2.75, 3.05) is 19.8 Å². The standard InChI is InChI=1S/C68H121NO10/c1-3-5-7-9-11-13-14-32-36-40-44-48-52-56-64(73)77-57-53-49-45-41-37-34-31-29-27-25-23-21-19-17-15-16-18-20-22-24-26-28-30-33-35-39-43-47-51-55-63(72)69-60(61(71)54-50-46-42-38-12-10-8-6-4-2)59-78-68-67(76)66(75)65(74)62(58-70)79-68/h4,6,12-15,17,21,23,38,50,54,60-62,65-68,70-71,74-76H,3,5,7-11,16,18-20,22,24-37,39-49,51-53,55-59H2,1-2H3,(H,69,72)/b6-4+,14-13-,17-15-,23-21-,38-12+,54-50+. The minimum atomic E-state index is -1.58. The molecular formula is C68H121NO10. The Hall–Kier alpha value is -2.90. The molecule has 6 N–H and O–H groups in total. The van der Waals surface area contributed by atoms with Gasteiger partial charge in [-0.05, 0) is 110 Å². The number of carbonyl (C=O) groups excluding carboxylic acids is 2. The van der Waals surface area contributed by atoms with Crippen LogP contribution >= 0.6 is 0 Å². The van der Waals surface area contributed by atoms with Gasteiger partial charge >= 0.3 is 5.97 Å². The van der Waals surface area contributed by atoms with Gasteiger partial charge < -0.3 is 45.1 Å². The van der Waals surface area contributed by atoms with E-state index in [-0.39, 0.29) is 18.5 Å². The molecule has 11 heteroatoms. The van der Waals surface area contributed by atoms with Gasteiger partial charge in [0.25, 0.3) is 0 Å². The molecule has 1 amide bonds. The van der Waals surface area contributed by atoms with Crippen LogP contribution < -0.4 is 5.32 Å². The van der Waals surface area contributed by atoms with E-state index in [4.69, 9.17) is 14.2 Å². The lowest BCUT2D eigenvalue weighted by Gasteiger charge is -2.40. The van der Waals surface area contributed by atoms with Crippen LogP contribution in [0.2, 0.25) is 0 Å². The number of nitrogens with one attached hydrogen (secondary N) is 1. The summed E-state index contributed by atoms with van der Waals surface area (Å²) in [6.07, 6.45) is 66.3. The van der Waals surface area contributed by atoms with E-state index < -0.39 is 49.5 Å². The quantitative estimate of drug-likeness (QED) is 0.0195. The maximum absolute atomic E-state index is 13.0. The number of rotatable bonds is 56. The summed E-state index contributed by atoms with van der Waals surface area (Å²) < 4.78 is 16.7. The highest BCUT2D eigenvalue weighted by atomic mass is 16.7. The van der Waals surface area contributed by atoms with Gasteiger partial charge in [0.1, 0.15) is 24.4 Å². The van der Waals surface area contributed by atoms with Gasteiger partial charge in [0.2, 0.25) is 5.91 Å². The summed E-state index contributed by atoms with van der Waals surface area (Å²) >= 11 is 0. The van der Waals surface area contributed by atoms with Crippen molar-refractivity contribution in [2.45, 2.75) is 326 Å². The van der Waals surface area contributed by atoms with Crippen LogP contribution in [0.25, 0.3) is 0 Å². The molecule has 1 fully saturated rings. The maximum Gasteiger partial charge on any atom is 0.305 e. The molecule has 79 heavy (non-hydrogen) atoms. The molecule has 458 valence electrons. The molecule has 1 saturated heterocycles. The van der Waals surface area contributed by atoms with Gasteiger partial charge in [-0.15, -0.1) is 0 Å². The van der Waals surface area contributed by atoms with E-state index in [2.05, 4.69) is 66.9 Å². The summed E-state index contributed by atoms with van der Waals surface area (Å²) in [5.74, 6) is -0.209. The fourth-order valence-electron chi connectivity index (χ4n) is 9.91. The average Bonchev–Trinajstić information content (AvgIpc) is 3.49. The lowest BCUT2D eigenvalue weighted by Crippen LogP contribution is -2.60. The Morgan fingerprint density at radius 3 is 1.41 bits per heavy atom.